The number of aromatic nitrogens is 3. The lowest BCUT2D eigenvalue weighted by atomic mass is 9.87. The van der Waals surface area contributed by atoms with Crippen molar-refractivity contribution >= 4 is 61.5 Å². The Morgan fingerprint density at radius 3 is 2.41 bits per heavy atom. The van der Waals surface area contributed by atoms with Gasteiger partial charge in [0.25, 0.3) is 0 Å². The predicted octanol–water partition coefficient (Wildman–Crippen LogP) is 6.83. The molecule has 0 unspecified atom stereocenters. The van der Waals surface area contributed by atoms with Crippen LogP contribution in [0.2, 0.25) is 10.0 Å². The van der Waals surface area contributed by atoms with Crippen molar-refractivity contribution in [2.45, 2.75) is 31.8 Å². The van der Waals surface area contributed by atoms with Crippen molar-refractivity contribution < 1.29 is 14.6 Å². The number of aliphatic carboxylic acids is 1. The quantitative estimate of drug-likeness (QED) is 0.291. The van der Waals surface area contributed by atoms with Gasteiger partial charge >= 0.3 is 12.0 Å². The van der Waals surface area contributed by atoms with E-state index in [1.165, 1.54) is 11.3 Å². The lowest BCUT2D eigenvalue weighted by Crippen LogP contribution is -2.28. The molecule has 2 aromatic carbocycles. The summed E-state index contributed by atoms with van der Waals surface area (Å²) in [4.78, 5) is 24.3. The zero-order chi connectivity index (χ0) is 23.7. The summed E-state index contributed by atoms with van der Waals surface area (Å²) in [6.07, 6.45) is 6.06. The molecular weight excluding hydrogens is 495 g/mol. The van der Waals surface area contributed by atoms with Crippen LogP contribution in [0, 0.1) is 5.92 Å². The third kappa shape index (κ3) is 5.09. The van der Waals surface area contributed by atoms with Gasteiger partial charge in [0.2, 0.25) is 0 Å². The lowest BCUT2D eigenvalue weighted by molar-refractivity contribution is -0.143. The van der Waals surface area contributed by atoms with Gasteiger partial charge in [-0.25, -0.2) is 15.0 Å². The summed E-state index contributed by atoms with van der Waals surface area (Å²) < 4.78 is 6.77. The number of nitrogens with one attached hydrogen (secondary N) is 1. The van der Waals surface area contributed by atoms with E-state index in [9.17, 15) is 4.79 Å². The molecule has 0 amide bonds. The predicted molar refractivity (Wildman–Crippen MR) is 134 cm³/mol. The van der Waals surface area contributed by atoms with Gasteiger partial charge in [0.15, 0.2) is 5.13 Å². The van der Waals surface area contributed by atoms with Crippen LogP contribution in [0.4, 0.5) is 10.8 Å². The third-order valence-corrected chi connectivity index (χ3v) is 7.23. The van der Waals surface area contributed by atoms with Crippen LogP contribution in [-0.2, 0) is 4.79 Å². The Bertz CT molecular complexity index is 1320. The number of ether oxygens (including phenoxy) is 1. The van der Waals surface area contributed by atoms with E-state index in [0.29, 0.717) is 41.7 Å². The molecule has 34 heavy (non-hydrogen) atoms. The molecule has 0 spiro atoms. The van der Waals surface area contributed by atoms with Crippen molar-refractivity contribution in [3.8, 4) is 17.1 Å². The Balaban J connectivity index is 1.21. The van der Waals surface area contributed by atoms with Gasteiger partial charge in [0.05, 0.1) is 15.6 Å². The molecular formula is C24H20Cl2N4O3S. The average molecular weight is 515 g/mol. The van der Waals surface area contributed by atoms with Gasteiger partial charge in [-0.15, -0.1) is 0 Å². The first-order valence-electron chi connectivity index (χ1n) is 10.8. The van der Waals surface area contributed by atoms with Crippen molar-refractivity contribution in [1.29, 1.82) is 0 Å². The maximum atomic E-state index is 11.1. The number of hydrogen-bond acceptors (Lipinski definition) is 7. The van der Waals surface area contributed by atoms with Gasteiger partial charge < -0.3 is 15.2 Å². The normalized spacial score (nSPS) is 18.1. The maximum absolute atomic E-state index is 11.1. The van der Waals surface area contributed by atoms with Crippen molar-refractivity contribution in [2.24, 2.45) is 5.92 Å². The molecule has 4 aromatic rings. The van der Waals surface area contributed by atoms with E-state index in [-0.39, 0.29) is 12.0 Å². The van der Waals surface area contributed by atoms with Gasteiger partial charge in [0.1, 0.15) is 11.6 Å². The fraction of sp³-hybridized carbons (Fsp3) is 0.250. The standard InChI is InChI=1S/C24H20Cl2N4O3S/c25-16-9-19(26)21-20(10-16)34-24(30-21)29-17-5-1-13(2-6-17)15-11-27-23(28-12-15)33-18-7-3-14(4-8-18)22(31)32/h1-2,5-6,9-12,14,18H,3-4,7-8H2,(H,29,30)(H,31,32)/t14-,18+. The summed E-state index contributed by atoms with van der Waals surface area (Å²) in [5, 5.41) is 14.3. The molecule has 5 rings (SSSR count). The minimum absolute atomic E-state index is 0.0415. The number of halogens is 2. The number of benzene rings is 2. The Morgan fingerprint density at radius 2 is 1.74 bits per heavy atom. The van der Waals surface area contributed by atoms with Gasteiger partial charge in [-0.2, -0.15) is 0 Å². The smallest absolute Gasteiger partial charge is 0.316 e. The van der Waals surface area contributed by atoms with Crippen LogP contribution in [0.25, 0.3) is 21.3 Å². The summed E-state index contributed by atoms with van der Waals surface area (Å²) in [7, 11) is 0. The van der Waals surface area contributed by atoms with Gasteiger partial charge in [-0.1, -0.05) is 46.7 Å². The van der Waals surface area contributed by atoms with Crippen LogP contribution in [-0.4, -0.2) is 32.1 Å². The third-order valence-electron chi connectivity index (χ3n) is 5.81. The highest BCUT2D eigenvalue weighted by molar-refractivity contribution is 7.22. The molecule has 0 bridgehead atoms. The van der Waals surface area contributed by atoms with E-state index in [1.54, 1.807) is 18.5 Å². The van der Waals surface area contributed by atoms with Crippen molar-refractivity contribution in [2.75, 3.05) is 5.32 Å². The molecule has 7 nitrogen and oxygen atoms in total. The number of carboxylic acids is 1. The Hall–Kier alpha value is -2.94. The summed E-state index contributed by atoms with van der Waals surface area (Å²) >= 11 is 13.8. The van der Waals surface area contributed by atoms with Crippen molar-refractivity contribution in [3.63, 3.8) is 0 Å². The first-order chi connectivity index (χ1) is 16.4. The van der Waals surface area contributed by atoms with Crippen molar-refractivity contribution in [3.05, 3.63) is 58.8 Å². The van der Waals surface area contributed by atoms with Crippen LogP contribution in [0.15, 0.2) is 48.8 Å². The van der Waals surface area contributed by atoms with E-state index >= 15 is 0 Å². The maximum Gasteiger partial charge on any atom is 0.316 e. The topological polar surface area (TPSA) is 97.2 Å². The highest BCUT2D eigenvalue weighted by Gasteiger charge is 2.27. The monoisotopic (exact) mass is 514 g/mol. The summed E-state index contributed by atoms with van der Waals surface area (Å²) in [5.74, 6) is -0.999. The highest BCUT2D eigenvalue weighted by atomic mass is 35.5. The van der Waals surface area contributed by atoms with E-state index in [2.05, 4.69) is 20.3 Å². The second-order valence-electron chi connectivity index (χ2n) is 8.14. The number of carboxylic acid groups (broad SMARTS) is 1. The molecule has 2 N–H and O–H groups in total. The molecule has 0 aliphatic heterocycles. The largest absolute Gasteiger partial charge is 0.481 e. The number of hydrogen-bond donors (Lipinski definition) is 2. The van der Waals surface area contributed by atoms with Gasteiger partial charge in [-0.05, 0) is 55.5 Å². The van der Waals surface area contributed by atoms with Crippen LogP contribution in [0.1, 0.15) is 25.7 Å². The Kier molecular flexibility index (Phi) is 6.54. The molecule has 0 saturated heterocycles. The summed E-state index contributed by atoms with van der Waals surface area (Å²) in [6.45, 7) is 0. The zero-order valence-corrected chi connectivity index (χ0v) is 20.2. The number of fused-ring (bicyclic) bond motifs is 1. The summed E-state index contributed by atoms with van der Waals surface area (Å²) in [5.41, 5.74) is 3.46. The zero-order valence-electron chi connectivity index (χ0n) is 17.9. The van der Waals surface area contributed by atoms with E-state index in [1.807, 2.05) is 30.3 Å². The average Bonchev–Trinajstić information content (AvgIpc) is 3.23. The molecule has 0 radical (unpaired) electrons. The summed E-state index contributed by atoms with van der Waals surface area (Å²) in [6, 6.07) is 11.7. The first kappa shape index (κ1) is 22.8. The molecule has 2 aromatic heterocycles. The number of rotatable bonds is 6. The van der Waals surface area contributed by atoms with Crippen LogP contribution < -0.4 is 10.1 Å². The number of thiazole rings is 1. The van der Waals surface area contributed by atoms with Gasteiger partial charge in [-0.3, -0.25) is 4.79 Å². The first-order valence-corrected chi connectivity index (χ1v) is 12.4. The fourth-order valence-electron chi connectivity index (χ4n) is 3.98. The number of carbonyl (C=O) groups is 1. The van der Waals surface area contributed by atoms with Gasteiger partial charge in [0, 0.05) is 28.7 Å². The van der Waals surface area contributed by atoms with Crippen molar-refractivity contribution in [1.82, 2.24) is 15.0 Å². The molecule has 1 aliphatic carbocycles. The SMILES string of the molecule is O=C(O)[C@H]1CC[C@@H](Oc2ncc(-c3ccc(Nc4nc5c(Cl)cc(Cl)cc5s4)cc3)cn2)CC1. The van der Waals surface area contributed by atoms with E-state index in [0.717, 1.165) is 32.2 Å². The second-order valence-corrected chi connectivity index (χ2v) is 10.0. The minimum Gasteiger partial charge on any atom is -0.481 e. The molecule has 1 aliphatic rings. The number of anilines is 2. The van der Waals surface area contributed by atoms with Crippen LogP contribution in [0.5, 0.6) is 6.01 Å². The van der Waals surface area contributed by atoms with Crippen LogP contribution in [0.3, 0.4) is 0 Å². The van der Waals surface area contributed by atoms with Crippen LogP contribution >= 0.6 is 34.5 Å². The molecule has 174 valence electrons. The molecule has 0 atom stereocenters. The number of nitrogens with zero attached hydrogens (tertiary/aromatic N) is 3. The Labute approximate surface area is 209 Å². The van der Waals surface area contributed by atoms with E-state index < -0.39 is 5.97 Å². The highest BCUT2D eigenvalue weighted by Crippen LogP contribution is 2.35. The minimum atomic E-state index is -0.727. The van der Waals surface area contributed by atoms with E-state index in [4.69, 9.17) is 33.0 Å². The fourth-order valence-corrected chi connectivity index (χ4v) is 5.59. The molecule has 1 fully saturated rings. The second kappa shape index (κ2) is 9.74. The lowest BCUT2D eigenvalue weighted by Gasteiger charge is -2.25. The molecule has 10 heteroatoms. The molecule has 1 saturated carbocycles. The Morgan fingerprint density at radius 1 is 1.03 bits per heavy atom. The molecule has 2 heterocycles.